The Morgan fingerprint density at radius 1 is 1.52 bits per heavy atom. The molecule has 1 N–H and O–H groups in total. The number of ether oxygens (including phenoxy) is 1. The highest BCUT2D eigenvalue weighted by molar-refractivity contribution is 7.99. The van der Waals surface area contributed by atoms with E-state index in [0.29, 0.717) is 24.0 Å². The van der Waals surface area contributed by atoms with Gasteiger partial charge in [-0.25, -0.2) is 9.48 Å². The molecule has 0 saturated carbocycles. The van der Waals surface area contributed by atoms with E-state index < -0.39 is 0 Å². The molecule has 0 aliphatic carbocycles. The number of nitrogens with zero attached hydrogens (tertiary/aromatic N) is 3. The average Bonchev–Trinajstić information content (AvgIpc) is 3.21. The van der Waals surface area contributed by atoms with Crippen LogP contribution in [0.15, 0.2) is 33.9 Å². The maximum absolute atomic E-state index is 12.6. The van der Waals surface area contributed by atoms with Crippen LogP contribution in [0.5, 0.6) is 0 Å². The number of carbonyl (C=O) groups is 1. The van der Waals surface area contributed by atoms with Gasteiger partial charge in [0.05, 0.1) is 12.2 Å². The normalized spacial score (nSPS) is 16.8. The van der Waals surface area contributed by atoms with Crippen molar-refractivity contribution in [3.63, 3.8) is 0 Å². The number of hydrogen-bond donors (Lipinski definition) is 1. The van der Waals surface area contributed by atoms with Crippen LogP contribution in [0.4, 0.5) is 5.95 Å². The molecule has 2 aromatic heterocycles. The molecule has 1 aliphatic rings. The van der Waals surface area contributed by atoms with Gasteiger partial charge in [0.25, 0.3) is 0 Å². The Labute approximate surface area is 155 Å². The van der Waals surface area contributed by atoms with E-state index >= 15 is 0 Å². The molecule has 1 unspecified atom stereocenters. The minimum Gasteiger partial charge on any atom is -0.463 e. The van der Waals surface area contributed by atoms with Crippen LogP contribution in [0.2, 0.25) is 0 Å². The molecule has 0 amide bonds. The van der Waals surface area contributed by atoms with Crippen molar-refractivity contribution in [2.24, 2.45) is 5.92 Å². The fraction of sp³-hybridized carbons (Fsp3) is 0.471. The summed E-state index contributed by atoms with van der Waals surface area (Å²) in [7, 11) is 0. The molecule has 0 spiro atoms. The second-order valence-electron chi connectivity index (χ2n) is 6.17. The summed E-state index contributed by atoms with van der Waals surface area (Å²) in [5.41, 5.74) is 1.35. The second kappa shape index (κ2) is 7.61. The Kier molecular flexibility index (Phi) is 5.48. The zero-order valence-electron chi connectivity index (χ0n) is 14.8. The molecule has 0 radical (unpaired) electrons. The molecule has 0 bridgehead atoms. The van der Waals surface area contributed by atoms with E-state index in [4.69, 9.17) is 4.74 Å². The lowest BCUT2D eigenvalue weighted by atomic mass is 10.0. The molecule has 0 fully saturated rings. The van der Waals surface area contributed by atoms with Gasteiger partial charge < -0.3 is 10.1 Å². The number of thioether (sulfide) groups is 1. The predicted octanol–water partition coefficient (Wildman–Crippen LogP) is 3.94. The van der Waals surface area contributed by atoms with E-state index in [-0.39, 0.29) is 12.0 Å². The number of nitrogens with one attached hydrogen (secondary N) is 1. The summed E-state index contributed by atoms with van der Waals surface area (Å²) >= 11 is 3.22. The van der Waals surface area contributed by atoms with E-state index in [1.54, 1.807) is 27.8 Å². The van der Waals surface area contributed by atoms with E-state index in [2.05, 4.69) is 29.2 Å². The van der Waals surface area contributed by atoms with E-state index in [0.717, 1.165) is 21.5 Å². The molecule has 134 valence electrons. The first-order chi connectivity index (χ1) is 12.0. The summed E-state index contributed by atoms with van der Waals surface area (Å²) in [6.07, 6.45) is 0. The van der Waals surface area contributed by atoms with E-state index in [9.17, 15) is 4.79 Å². The number of fused-ring (bicyclic) bond motifs is 1. The van der Waals surface area contributed by atoms with Gasteiger partial charge in [-0.15, -0.1) is 16.4 Å². The van der Waals surface area contributed by atoms with E-state index in [1.165, 1.54) is 0 Å². The van der Waals surface area contributed by atoms with Crippen LogP contribution >= 0.6 is 23.1 Å². The first-order valence-electron chi connectivity index (χ1n) is 8.28. The lowest BCUT2D eigenvalue weighted by Gasteiger charge is -2.26. The monoisotopic (exact) mass is 378 g/mol. The molecule has 2 aromatic rings. The van der Waals surface area contributed by atoms with Crippen LogP contribution < -0.4 is 5.32 Å². The Hall–Kier alpha value is -1.80. The summed E-state index contributed by atoms with van der Waals surface area (Å²) in [6, 6.07) is 3.68. The fourth-order valence-corrected chi connectivity index (χ4v) is 4.21. The van der Waals surface area contributed by atoms with Gasteiger partial charge in [0.15, 0.2) is 0 Å². The zero-order chi connectivity index (χ0) is 18.0. The standard InChI is InChI=1S/C17H22N4O2S2/c1-5-23-15(22)13-11(4)18-16-19-17(25-9-10(2)3)20-21(16)14(13)12-7-6-8-24-12/h6-8,10,14H,5,9H2,1-4H3,(H,18,19,20). The van der Waals surface area contributed by atoms with E-state index in [1.807, 2.05) is 31.4 Å². The molecule has 8 heteroatoms. The number of rotatable bonds is 6. The Morgan fingerprint density at radius 2 is 2.32 bits per heavy atom. The minimum atomic E-state index is -0.316. The van der Waals surface area contributed by atoms with Crippen molar-refractivity contribution >= 4 is 35.0 Å². The molecule has 6 nitrogen and oxygen atoms in total. The first-order valence-corrected chi connectivity index (χ1v) is 10.2. The molecule has 3 heterocycles. The van der Waals surface area contributed by atoms with Gasteiger partial charge in [-0.2, -0.15) is 4.98 Å². The summed E-state index contributed by atoms with van der Waals surface area (Å²) in [4.78, 5) is 18.2. The van der Waals surface area contributed by atoms with Crippen molar-refractivity contribution in [1.82, 2.24) is 14.8 Å². The van der Waals surface area contributed by atoms with Gasteiger partial charge >= 0.3 is 5.97 Å². The van der Waals surface area contributed by atoms with Gasteiger partial charge in [-0.05, 0) is 31.2 Å². The third kappa shape index (κ3) is 3.74. The molecule has 0 saturated heterocycles. The van der Waals surface area contributed by atoms with Crippen LogP contribution in [-0.4, -0.2) is 33.1 Å². The highest BCUT2D eigenvalue weighted by Gasteiger charge is 2.35. The molecule has 3 rings (SSSR count). The maximum Gasteiger partial charge on any atom is 0.338 e. The van der Waals surface area contributed by atoms with Crippen molar-refractivity contribution in [3.8, 4) is 0 Å². The number of anilines is 1. The Morgan fingerprint density at radius 3 is 2.96 bits per heavy atom. The van der Waals surface area contributed by atoms with Crippen LogP contribution in [0.3, 0.4) is 0 Å². The number of thiophene rings is 1. The van der Waals surface area contributed by atoms with Gasteiger partial charge in [-0.3, -0.25) is 0 Å². The maximum atomic E-state index is 12.6. The fourth-order valence-electron chi connectivity index (χ4n) is 2.62. The van der Waals surface area contributed by atoms with Crippen molar-refractivity contribution in [1.29, 1.82) is 0 Å². The minimum absolute atomic E-state index is 0.309. The number of esters is 1. The molecule has 0 aromatic carbocycles. The summed E-state index contributed by atoms with van der Waals surface area (Å²) in [6.45, 7) is 8.37. The summed E-state index contributed by atoms with van der Waals surface area (Å²) in [5, 5.41) is 10.6. The smallest absolute Gasteiger partial charge is 0.338 e. The summed E-state index contributed by atoms with van der Waals surface area (Å²) in [5.74, 6) is 1.85. The van der Waals surface area contributed by atoms with Crippen molar-refractivity contribution in [3.05, 3.63) is 33.7 Å². The Bertz CT molecular complexity index is 781. The molecular formula is C17H22N4O2S2. The van der Waals surface area contributed by atoms with Crippen LogP contribution in [0.1, 0.15) is 38.6 Å². The highest BCUT2D eigenvalue weighted by Crippen LogP contribution is 2.38. The lowest BCUT2D eigenvalue weighted by Crippen LogP contribution is -2.29. The zero-order valence-corrected chi connectivity index (χ0v) is 16.4. The quantitative estimate of drug-likeness (QED) is 0.606. The number of allylic oxidation sites excluding steroid dienone is 1. The van der Waals surface area contributed by atoms with Crippen molar-refractivity contribution in [2.45, 2.75) is 38.9 Å². The third-order valence-electron chi connectivity index (χ3n) is 3.69. The third-order valence-corrected chi connectivity index (χ3v) is 5.88. The van der Waals surface area contributed by atoms with Gasteiger partial charge in [0.1, 0.15) is 6.04 Å². The number of aromatic nitrogens is 3. The summed E-state index contributed by atoms with van der Waals surface area (Å²) < 4.78 is 7.08. The molecule has 25 heavy (non-hydrogen) atoms. The number of hydrogen-bond acceptors (Lipinski definition) is 7. The van der Waals surface area contributed by atoms with Crippen molar-refractivity contribution in [2.75, 3.05) is 17.7 Å². The molecule has 1 atom stereocenters. The van der Waals surface area contributed by atoms with Crippen LogP contribution in [-0.2, 0) is 9.53 Å². The first kappa shape index (κ1) is 18.0. The topological polar surface area (TPSA) is 69.0 Å². The molecule has 1 aliphatic heterocycles. The van der Waals surface area contributed by atoms with Crippen LogP contribution in [0.25, 0.3) is 0 Å². The predicted molar refractivity (Wildman–Crippen MR) is 101 cm³/mol. The highest BCUT2D eigenvalue weighted by atomic mass is 32.2. The average molecular weight is 379 g/mol. The lowest BCUT2D eigenvalue weighted by molar-refractivity contribution is -0.139. The van der Waals surface area contributed by atoms with Gasteiger partial charge in [0.2, 0.25) is 11.1 Å². The second-order valence-corrected chi connectivity index (χ2v) is 8.14. The SMILES string of the molecule is CCOC(=O)C1=C(C)Nc2nc(SCC(C)C)nn2C1c1cccs1. The number of carbonyl (C=O) groups excluding carboxylic acids is 1. The Balaban J connectivity index is 2.01. The largest absolute Gasteiger partial charge is 0.463 e. The van der Waals surface area contributed by atoms with Gasteiger partial charge in [0, 0.05) is 16.3 Å². The van der Waals surface area contributed by atoms with Crippen molar-refractivity contribution < 1.29 is 9.53 Å². The molecular weight excluding hydrogens is 356 g/mol. The van der Waals surface area contributed by atoms with Crippen LogP contribution in [0, 0.1) is 5.92 Å². The van der Waals surface area contributed by atoms with Gasteiger partial charge in [-0.1, -0.05) is 31.7 Å².